The largest absolute Gasteiger partial charge is 0.499 e. The van der Waals surface area contributed by atoms with Crippen LogP contribution in [-0.2, 0) is 14.3 Å². The Kier molecular flexibility index (Phi) is 5.12. The van der Waals surface area contributed by atoms with Crippen molar-refractivity contribution < 1.29 is 39.8 Å². The number of esters is 1. The molecule has 8 heteroatoms. The highest BCUT2D eigenvalue weighted by molar-refractivity contribution is 5.90. The number of aliphatic hydroxyl groups excluding tert-OH is 5. The van der Waals surface area contributed by atoms with Crippen LogP contribution < -0.4 is 0 Å². The minimum absolute atomic E-state index is 0.0746. The number of carbonyl (C=O) groups excluding carboxylic acids is 1. The molecule has 5 N–H and O–H groups in total. The summed E-state index contributed by atoms with van der Waals surface area (Å²) >= 11 is 0. The molecule has 0 amide bonds. The number of hydrogen-bond acceptors (Lipinski definition) is 8. The lowest BCUT2D eigenvalue weighted by molar-refractivity contribution is -0.171. The van der Waals surface area contributed by atoms with Crippen molar-refractivity contribution in [1.82, 2.24) is 0 Å². The van der Waals surface area contributed by atoms with E-state index in [4.69, 9.17) is 19.7 Å². The van der Waals surface area contributed by atoms with E-state index >= 15 is 0 Å². The van der Waals surface area contributed by atoms with E-state index in [1.165, 1.54) is 0 Å². The van der Waals surface area contributed by atoms with Crippen molar-refractivity contribution >= 4 is 5.97 Å². The third-order valence-electron chi connectivity index (χ3n) is 2.82. The third-order valence-corrected chi connectivity index (χ3v) is 2.82. The zero-order chi connectivity index (χ0) is 14.6. The molecule has 19 heavy (non-hydrogen) atoms. The van der Waals surface area contributed by atoms with Crippen molar-refractivity contribution in [3.8, 4) is 0 Å². The van der Waals surface area contributed by atoms with Crippen LogP contribution in [0.3, 0.4) is 0 Å². The molecular weight excluding hydrogens is 260 g/mol. The molecular formula is C11H18O8. The maximum atomic E-state index is 11.4. The fourth-order valence-corrected chi connectivity index (χ4v) is 1.94. The Hall–Kier alpha value is -1.35. The van der Waals surface area contributed by atoms with Gasteiger partial charge in [0.2, 0.25) is 11.4 Å². The van der Waals surface area contributed by atoms with Gasteiger partial charge in [0.25, 0.3) is 0 Å². The van der Waals surface area contributed by atoms with Gasteiger partial charge in [-0.05, 0) is 6.92 Å². The van der Waals surface area contributed by atoms with Gasteiger partial charge in [-0.15, -0.1) is 0 Å². The van der Waals surface area contributed by atoms with Gasteiger partial charge in [0.1, 0.15) is 6.10 Å². The van der Waals surface area contributed by atoms with E-state index in [2.05, 4.69) is 0 Å². The zero-order valence-corrected chi connectivity index (χ0v) is 10.4. The zero-order valence-electron chi connectivity index (χ0n) is 10.4. The van der Waals surface area contributed by atoms with Gasteiger partial charge < -0.3 is 35.0 Å². The molecule has 1 aliphatic rings. The average Bonchev–Trinajstić information content (AvgIpc) is 2.63. The molecule has 0 bridgehead atoms. The van der Waals surface area contributed by atoms with E-state index in [0.717, 1.165) is 0 Å². The summed E-state index contributed by atoms with van der Waals surface area (Å²) in [7, 11) is 0. The normalized spacial score (nSPS) is 26.3. The van der Waals surface area contributed by atoms with Gasteiger partial charge in [0.05, 0.1) is 25.9 Å². The Morgan fingerprint density at radius 1 is 1.32 bits per heavy atom. The van der Waals surface area contributed by atoms with Crippen LogP contribution in [0.4, 0.5) is 0 Å². The second-order valence-corrected chi connectivity index (χ2v) is 4.13. The van der Waals surface area contributed by atoms with Crippen LogP contribution in [0, 0.1) is 0 Å². The summed E-state index contributed by atoms with van der Waals surface area (Å²) in [4.78, 5) is 11.4. The topological polar surface area (TPSA) is 137 Å². The van der Waals surface area contributed by atoms with E-state index in [-0.39, 0.29) is 12.4 Å². The van der Waals surface area contributed by atoms with Gasteiger partial charge in [0, 0.05) is 6.42 Å². The Morgan fingerprint density at radius 3 is 2.42 bits per heavy atom. The Labute approximate surface area is 109 Å². The standard InChI is InChI=1S/C11H18O8/c1-2-18-9-8(16)10(17)19-11(9,7(15)5-13)3-6(14)4-12/h6-7,12-16H,2-5H2,1H3/t6?,7-,11+/m0/s1. The first-order chi connectivity index (χ1) is 8.92. The molecule has 0 radical (unpaired) electrons. The van der Waals surface area contributed by atoms with Gasteiger partial charge in [-0.25, -0.2) is 4.79 Å². The van der Waals surface area contributed by atoms with Crippen molar-refractivity contribution in [1.29, 1.82) is 0 Å². The first-order valence-corrected chi connectivity index (χ1v) is 5.80. The molecule has 0 saturated carbocycles. The predicted octanol–water partition coefficient (Wildman–Crippen LogP) is -1.82. The van der Waals surface area contributed by atoms with E-state index in [9.17, 15) is 20.1 Å². The predicted molar refractivity (Wildman–Crippen MR) is 60.9 cm³/mol. The first kappa shape index (κ1) is 15.7. The molecule has 1 heterocycles. The Balaban J connectivity index is 3.19. The van der Waals surface area contributed by atoms with Crippen molar-refractivity contribution in [3.63, 3.8) is 0 Å². The van der Waals surface area contributed by atoms with E-state index in [1.807, 2.05) is 0 Å². The fourth-order valence-electron chi connectivity index (χ4n) is 1.94. The van der Waals surface area contributed by atoms with Gasteiger partial charge in [0.15, 0.2) is 5.76 Å². The van der Waals surface area contributed by atoms with Crippen LogP contribution in [0.2, 0.25) is 0 Å². The van der Waals surface area contributed by atoms with Gasteiger partial charge in [-0.1, -0.05) is 0 Å². The maximum absolute atomic E-state index is 11.4. The molecule has 0 aromatic heterocycles. The number of rotatable bonds is 7. The molecule has 1 aliphatic heterocycles. The van der Waals surface area contributed by atoms with Gasteiger partial charge in [-0.3, -0.25) is 0 Å². The van der Waals surface area contributed by atoms with Crippen LogP contribution in [0.5, 0.6) is 0 Å². The second-order valence-electron chi connectivity index (χ2n) is 4.13. The van der Waals surface area contributed by atoms with E-state index in [1.54, 1.807) is 6.92 Å². The number of aliphatic hydroxyl groups is 5. The summed E-state index contributed by atoms with van der Waals surface area (Å²) in [5, 5.41) is 46.8. The fraction of sp³-hybridized carbons (Fsp3) is 0.727. The molecule has 3 atom stereocenters. The van der Waals surface area contributed by atoms with Gasteiger partial charge >= 0.3 is 5.97 Å². The summed E-state index contributed by atoms with van der Waals surface area (Å²) < 4.78 is 9.97. The minimum Gasteiger partial charge on any atom is -0.499 e. The molecule has 0 fully saturated rings. The van der Waals surface area contributed by atoms with E-state index < -0.39 is 49.2 Å². The molecule has 0 aromatic carbocycles. The van der Waals surface area contributed by atoms with Crippen molar-refractivity contribution in [2.24, 2.45) is 0 Å². The summed E-state index contributed by atoms with van der Waals surface area (Å²) in [6.45, 7) is 0.236. The summed E-state index contributed by atoms with van der Waals surface area (Å²) in [6.07, 6.45) is -3.35. The van der Waals surface area contributed by atoms with Crippen LogP contribution >= 0.6 is 0 Å². The molecule has 1 rings (SSSR count). The maximum Gasteiger partial charge on any atom is 0.378 e. The van der Waals surface area contributed by atoms with Crippen LogP contribution in [0.15, 0.2) is 11.5 Å². The minimum atomic E-state index is -1.91. The highest BCUT2D eigenvalue weighted by Crippen LogP contribution is 2.39. The molecule has 8 nitrogen and oxygen atoms in total. The summed E-state index contributed by atoms with van der Waals surface area (Å²) in [5.41, 5.74) is -1.91. The number of ether oxygens (including phenoxy) is 2. The van der Waals surface area contributed by atoms with Crippen molar-refractivity contribution in [2.75, 3.05) is 19.8 Å². The number of cyclic esters (lactones) is 1. The van der Waals surface area contributed by atoms with E-state index in [0.29, 0.717) is 0 Å². The lowest BCUT2D eigenvalue weighted by Crippen LogP contribution is -2.50. The molecule has 1 unspecified atom stereocenters. The molecule has 0 aliphatic carbocycles. The van der Waals surface area contributed by atoms with Crippen LogP contribution in [0.1, 0.15) is 13.3 Å². The van der Waals surface area contributed by atoms with Crippen LogP contribution in [-0.4, -0.2) is 69.1 Å². The van der Waals surface area contributed by atoms with Crippen molar-refractivity contribution in [3.05, 3.63) is 11.5 Å². The lowest BCUT2D eigenvalue weighted by Gasteiger charge is -2.34. The molecule has 0 aromatic rings. The van der Waals surface area contributed by atoms with Gasteiger partial charge in [-0.2, -0.15) is 0 Å². The highest BCUT2D eigenvalue weighted by Gasteiger charge is 2.55. The van der Waals surface area contributed by atoms with Crippen molar-refractivity contribution in [2.45, 2.75) is 31.2 Å². The molecule has 0 saturated heterocycles. The quantitative estimate of drug-likeness (QED) is 0.343. The van der Waals surface area contributed by atoms with Crippen LogP contribution in [0.25, 0.3) is 0 Å². The Bertz CT molecular complexity index is 366. The molecule has 110 valence electrons. The first-order valence-electron chi connectivity index (χ1n) is 5.80. The third kappa shape index (κ3) is 2.81. The lowest BCUT2D eigenvalue weighted by atomic mass is 9.88. The average molecular weight is 278 g/mol. The SMILES string of the molecule is CCOC1=C(O)C(=O)O[C@]1(CC(O)CO)[C@@H](O)CO. The monoisotopic (exact) mass is 278 g/mol. The second kappa shape index (κ2) is 6.20. The number of hydrogen-bond donors (Lipinski definition) is 5. The highest BCUT2D eigenvalue weighted by atomic mass is 16.6. The summed E-state index contributed by atoms with van der Waals surface area (Å²) in [6, 6.07) is 0. The molecule has 0 spiro atoms. The number of carbonyl (C=O) groups is 1. The smallest absolute Gasteiger partial charge is 0.378 e. The summed E-state index contributed by atoms with van der Waals surface area (Å²) in [5.74, 6) is -2.30. The Morgan fingerprint density at radius 2 is 1.95 bits per heavy atom.